The number of rotatable bonds is 5. The lowest BCUT2D eigenvalue weighted by Gasteiger charge is -2.12. The molecule has 1 N–H and O–H groups in total. The zero-order chi connectivity index (χ0) is 17.3. The van der Waals surface area contributed by atoms with Gasteiger partial charge in [0, 0.05) is 11.6 Å². The molecule has 0 bridgehead atoms. The van der Waals surface area contributed by atoms with Gasteiger partial charge in [0.15, 0.2) is 0 Å². The zero-order valence-corrected chi connectivity index (χ0v) is 14.3. The Hall–Kier alpha value is -2.77. The van der Waals surface area contributed by atoms with E-state index in [1.54, 1.807) is 18.5 Å². The summed E-state index contributed by atoms with van der Waals surface area (Å²) in [6, 6.07) is 11.5. The Bertz CT molecular complexity index is 959. The van der Waals surface area contributed by atoms with Crippen LogP contribution in [0, 0.1) is 17.8 Å². The van der Waals surface area contributed by atoms with Crippen molar-refractivity contribution in [3.05, 3.63) is 53.9 Å². The summed E-state index contributed by atoms with van der Waals surface area (Å²) < 4.78 is 5.90. The molecule has 0 unspecified atom stereocenters. The number of pyridine rings is 2. The molecule has 0 amide bonds. The van der Waals surface area contributed by atoms with E-state index in [0.717, 1.165) is 40.9 Å². The summed E-state index contributed by atoms with van der Waals surface area (Å²) in [6.45, 7) is 0.571. The highest BCUT2D eigenvalue weighted by atomic mass is 35.5. The Kier molecular flexibility index (Phi) is 3.95. The van der Waals surface area contributed by atoms with Crippen LogP contribution in [-0.4, -0.2) is 16.6 Å². The second-order valence-corrected chi connectivity index (χ2v) is 6.64. The van der Waals surface area contributed by atoms with Gasteiger partial charge >= 0.3 is 0 Å². The minimum Gasteiger partial charge on any atom is -0.492 e. The highest BCUT2D eigenvalue weighted by Gasteiger charge is 2.41. The Morgan fingerprint density at radius 3 is 2.80 bits per heavy atom. The zero-order valence-electron chi connectivity index (χ0n) is 13.5. The topological polar surface area (TPSA) is 47.0 Å². The van der Waals surface area contributed by atoms with Crippen molar-refractivity contribution in [3.8, 4) is 18.1 Å². The summed E-state index contributed by atoms with van der Waals surface area (Å²) in [6.07, 6.45) is 11.1. The van der Waals surface area contributed by atoms with Gasteiger partial charge in [0.1, 0.15) is 23.3 Å². The van der Waals surface area contributed by atoms with Gasteiger partial charge in [0.05, 0.1) is 17.3 Å². The number of halogens is 1. The molecule has 1 aromatic carbocycles. The van der Waals surface area contributed by atoms with Gasteiger partial charge in [-0.25, -0.2) is 9.97 Å². The minimum atomic E-state index is -0.0541. The summed E-state index contributed by atoms with van der Waals surface area (Å²) in [5.74, 6) is 4.42. The molecule has 2 aromatic heterocycles. The maximum Gasteiger partial charge on any atom is 0.138 e. The van der Waals surface area contributed by atoms with Crippen LogP contribution in [0.5, 0.6) is 5.75 Å². The van der Waals surface area contributed by atoms with Crippen LogP contribution in [0.25, 0.3) is 10.8 Å². The van der Waals surface area contributed by atoms with E-state index in [1.165, 1.54) is 0 Å². The number of benzene rings is 1. The van der Waals surface area contributed by atoms with Crippen molar-refractivity contribution in [1.29, 1.82) is 0 Å². The Morgan fingerprint density at radius 1 is 1.20 bits per heavy atom. The number of hydrogen-bond donors (Lipinski definition) is 1. The molecule has 0 radical (unpaired) electrons. The first-order valence-corrected chi connectivity index (χ1v) is 8.43. The molecule has 3 aromatic rings. The molecule has 0 saturated heterocycles. The molecule has 5 heteroatoms. The van der Waals surface area contributed by atoms with E-state index in [1.807, 2.05) is 30.3 Å². The molecular formula is C20H16ClN3O. The first-order chi connectivity index (χ1) is 12.2. The highest BCUT2D eigenvalue weighted by molar-refractivity contribution is 6.29. The van der Waals surface area contributed by atoms with Gasteiger partial charge in [-0.3, -0.25) is 0 Å². The lowest BCUT2D eigenvalue weighted by molar-refractivity contribution is 0.270. The number of nitrogens with zero attached hydrogens (tertiary/aromatic N) is 2. The molecule has 0 aliphatic heterocycles. The van der Waals surface area contributed by atoms with Crippen molar-refractivity contribution in [2.75, 3.05) is 11.9 Å². The van der Waals surface area contributed by atoms with E-state index < -0.39 is 0 Å². The standard InChI is InChI=1S/C20H16ClN3O/c1-2-20(8-9-20)13-25-16-4-5-17-14(11-16)7-10-22-19(17)24-15-3-6-18(21)23-12-15/h1,3-7,10-12H,8-9,13H2,(H,22,24). The molecule has 2 heterocycles. The van der Waals surface area contributed by atoms with Crippen molar-refractivity contribution in [2.24, 2.45) is 5.41 Å². The van der Waals surface area contributed by atoms with E-state index in [4.69, 9.17) is 22.8 Å². The fourth-order valence-electron chi connectivity index (χ4n) is 2.63. The monoisotopic (exact) mass is 349 g/mol. The molecule has 4 nitrogen and oxygen atoms in total. The summed E-state index contributed by atoms with van der Waals surface area (Å²) in [4.78, 5) is 8.49. The summed E-state index contributed by atoms with van der Waals surface area (Å²) in [5, 5.41) is 5.77. The number of anilines is 2. The number of nitrogens with one attached hydrogen (secondary N) is 1. The Morgan fingerprint density at radius 2 is 2.08 bits per heavy atom. The number of ether oxygens (including phenoxy) is 1. The highest BCUT2D eigenvalue weighted by Crippen LogP contribution is 2.45. The second kappa shape index (κ2) is 6.27. The Balaban J connectivity index is 1.57. The first kappa shape index (κ1) is 15.7. The smallest absolute Gasteiger partial charge is 0.138 e. The molecule has 1 aliphatic carbocycles. The van der Waals surface area contributed by atoms with E-state index in [-0.39, 0.29) is 5.41 Å². The van der Waals surface area contributed by atoms with Gasteiger partial charge in [-0.1, -0.05) is 17.5 Å². The maximum atomic E-state index is 5.90. The van der Waals surface area contributed by atoms with Crippen molar-refractivity contribution in [1.82, 2.24) is 9.97 Å². The fourth-order valence-corrected chi connectivity index (χ4v) is 2.75. The number of fused-ring (bicyclic) bond motifs is 1. The lowest BCUT2D eigenvalue weighted by Crippen LogP contribution is -2.10. The predicted octanol–water partition coefficient (Wildman–Crippen LogP) is 4.82. The molecule has 124 valence electrons. The van der Waals surface area contributed by atoms with Gasteiger partial charge < -0.3 is 10.1 Å². The quantitative estimate of drug-likeness (QED) is 0.530. The molecule has 1 fully saturated rings. The molecule has 1 aliphatic rings. The molecule has 1 saturated carbocycles. The van der Waals surface area contributed by atoms with Crippen molar-refractivity contribution >= 4 is 33.9 Å². The van der Waals surface area contributed by atoms with Crippen LogP contribution in [0.2, 0.25) is 5.15 Å². The van der Waals surface area contributed by atoms with E-state index in [2.05, 4.69) is 21.2 Å². The van der Waals surface area contributed by atoms with E-state index in [9.17, 15) is 0 Å². The van der Waals surface area contributed by atoms with Crippen LogP contribution in [-0.2, 0) is 0 Å². The normalized spacial score (nSPS) is 14.7. The lowest BCUT2D eigenvalue weighted by atomic mass is 10.1. The number of terminal acetylenes is 1. The summed E-state index contributed by atoms with van der Waals surface area (Å²) >= 11 is 5.82. The Labute approximate surface area is 151 Å². The number of aromatic nitrogens is 2. The largest absolute Gasteiger partial charge is 0.492 e. The van der Waals surface area contributed by atoms with Crippen LogP contribution in [0.4, 0.5) is 11.5 Å². The second-order valence-electron chi connectivity index (χ2n) is 6.25. The van der Waals surface area contributed by atoms with Gasteiger partial charge in [0.2, 0.25) is 0 Å². The third kappa shape index (κ3) is 3.38. The van der Waals surface area contributed by atoms with Crippen molar-refractivity contribution in [3.63, 3.8) is 0 Å². The summed E-state index contributed by atoms with van der Waals surface area (Å²) in [5.41, 5.74) is 0.774. The van der Waals surface area contributed by atoms with Crippen LogP contribution in [0.15, 0.2) is 48.8 Å². The average molecular weight is 350 g/mol. The maximum absolute atomic E-state index is 5.90. The number of hydrogen-bond acceptors (Lipinski definition) is 4. The van der Waals surface area contributed by atoms with Gasteiger partial charge in [-0.15, -0.1) is 6.42 Å². The minimum absolute atomic E-state index is 0.0541. The molecule has 0 atom stereocenters. The van der Waals surface area contributed by atoms with E-state index >= 15 is 0 Å². The van der Waals surface area contributed by atoms with Crippen molar-refractivity contribution in [2.45, 2.75) is 12.8 Å². The van der Waals surface area contributed by atoms with Crippen LogP contribution >= 0.6 is 11.6 Å². The fraction of sp³-hybridized carbons (Fsp3) is 0.200. The van der Waals surface area contributed by atoms with Crippen LogP contribution in [0.3, 0.4) is 0 Å². The molecular weight excluding hydrogens is 334 g/mol. The summed E-state index contributed by atoms with van der Waals surface area (Å²) in [7, 11) is 0. The molecule has 25 heavy (non-hydrogen) atoms. The SMILES string of the molecule is C#CC1(COc2ccc3c(Nc4ccc(Cl)nc4)nccc3c2)CC1. The first-order valence-electron chi connectivity index (χ1n) is 8.05. The average Bonchev–Trinajstić information content (AvgIpc) is 3.42. The third-order valence-electron chi connectivity index (χ3n) is 4.40. The van der Waals surface area contributed by atoms with Crippen molar-refractivity contribution < 1.29 is 4.74 Å². The molecule has 4 rings (SSSR count). The molecule has 0 spiro atoms. The van der Waals surface area contributed by atoms with Gasteiger partial charge in [0.25, 0.3) is 0 Å². The van der Waals surface area contributed by atoms with Crippen LogP contribution < -0.4 is 10.1 Å². The third-order valence-corrected chi connectivity index (χ3v) is 4.62. The van der Waals surface area contributed by atoms with E-state index in [0.29, 0.717) is 11.8 Å². The van der Waals surface area contributed by atoms with Gasteiger partial charge in [-0.2, -0.15) is 0 Å². The van der Waals surface area contributed by atoms with Gasteiger partial charge in [-0.05, 0) is 54.6 Å². The van der Waals surface area contributed by atoms with Crippen LogP contribution in [0.1, 0.15) is 12.8 Å². The predicted molar refractivity (Wildman–Crippen MR) is 100 cm³/mol.